The lowest BCUT2D eigenvalue weighted by Gasteiger charge is -2.27. The van der Waals surface area contributed by atoms with Gasteiger partial charge in [0.15, 0.2) is 11.6 Å². The van der Waals surface area contributed by atoms with Crippen LogP contribution in [0.3, 0.4) is 0 Å². The molecule has 2 aromatic heterocycles. The lowest BCUT2D eigenvalue weighted by molar-refractivity contribution is -0.130. The zero-order valence-electron chi connectivity index (χ0n) is 17.4. The number of carbonyl (C=O) groups excluding carboxylic acids is 1. The van der Waals surface area contributed by atoms with Gasteiger partial charge in [0.05, 0.1) is 0 Å². The van der Waals surface area contributed by atoms with Crippen molar-refractivity contribution in [2.75, 3.05) is 19.6 Å². The largest absolute Gasteiger partial charge is 0.360 e. The molecule has 160 valence electrons. The number of rotatable bonds is 7. The number of sulfonamides is 1. The van der Waals surface area contributed by atoms with Gasteiger partial charge in [0.1, 0.15) is 10.6 Å². The van der Waals surface area contributed by atoms with Crippen LogP contribution in [-0.2, 0) is 21.2 Å². The quantitative estimate of drug-likeness (QED) is 0.656. The first-order valence-electron chi connectivity index (χ1n) is 9.64. The van der Waals surface area contributed by atoms with Crippen LogP contribution >= 0.6 is 0 Å². The van der Waals surface area contributed by atoms with Crippen LogP contribution in [0.2, 0.25) is 0 Å². The first-order chi connectivity index (χ1) is 13.6. The van der Waals surface area contributed by atoms with E-state index in [0.29, 0.717) is 43.3 Å². The van der Waals surface area contributed by atoms with Gasteiger partial charge in [-0.25, -0.2) is 8.42 Å². The number of aryl methyl sites for hydroxylation is 2. The van der Waals surface area contributed by atoms with Crippen LogP contribution in [0.1, 0.15) is 56.3 Å². The van der Waals surface area contributed by atoms with Gasteiger partial charge in [0.25, 0.3) is 0 Å². The topological polar surface area (TPSA) is 123 Å². The molecule has 10 nitrogen and oxygen atoms in total. The molecule has 3 rings (SSSR count). The van der Waals surface area contributed by atoms with E-state index in [1.54, 1.807) is 18.7 Å². The maximum Gasteiger partial charge on any atom is 0.248 e. The van der Waals surface area contributed by atoms with E-state index in [0.717, 1.165) is 0 Å². The van der Waals surface area contributed by atoms with Gasteiger partial charge in [-0.1, -0.05) is 24.2 Å². The van der Waals surface area contributed by atoms with E-state index >= 15 is 0 Å². The van der Waals surface area contributed by atoms with Crippen molar-refractivity contribution in [3.8, 4) is 0 Å². The maximum absolute atomic E-state index is 13.0. The van der Waals surface area contributed by atoms with Gasteiger partial charge in [-0.2, -0.15) is 9.29 Å². The fourth-order valence-corrected chi connectivity index (χ4v) is 5.36. The maximum atomic E-state index is 13.0. The average molecular weight is 426 g/mol. The highest BCUT2D eigenvalue weighted by atomic mass is 32.2. The highest BCUT2D eigenvalue weighted by Gasteiger charge is 2.38. The van der Waals surface area contributed by atoms with Crippen LogP contribution in [0, 0.1) is 13.8 Å². The molecule has 3 heterocycles. The number of nitrogens with zero attached hydrogens (tertiary/aromatic N) is 5. The minimum atomic E-state index is -3.72. The zero-order chi connectivity index (χ0) is 21.3. The van der Waals surface area contributed by atoms with Crippen molar-refractivity contribution >= 4 is 15.9 Å². The number of carbonyl (C=O) groups is 1. The van der Waals surface area contributed by atoms with Crippen molar-refractivity contribution in [3.63, 3.8) is 0 Å². The molecule has 0 saturated carbocycles. The van der Waals surface area contributed by atoms with E-state index in [1.165, 1.54) is 11.2 Å². The lowest BCUT2D eigenvalue weighted by Crippen LogP contribution is -2.42. The SMILES string of the molecule is CC(=O)N(CCc1noc(C(C)C)n1)C1CCN(S(=O)(=O)c2c(C)noc2C)C1. The summed E-state index contributed by atoms with van der Waals surface area (Å²) < 4.78 is 37.6. The first kappa shape index (κ1) is 21.4. The molecule has 1 saturated heterocycles. The molecule has 11 heteroatoms. The second-order valence-corrected chi connectivity index (χ2v) is 9.50. The monoisotopic (exact) mass is 425 g/mol. The Morgan fingerprint density at radius 3 is 2.55 bits per heavy atom. The Hall–Kier alpha value is -2.27. The smallest absolute Gasteiger partial charge is 0.248 e. The van der Waals surface area contributed by atoms with E-state index in [1.807, 2.05) is 13.8 Å². The molecular formula is C18H27N5O5S. The standard InChI is InChI=1S/C18H27N5O5S/c1-11(2)18-19-16(21-28-18)7-9-23(14(5)24)15-6-8-22(10-15)29(25,26)17-12(3)20-27-13(17)4/h11,15H,6-10H2,1-5H3. The Bertz CT molecular complexity index is 961. The van der Waals surface area contributed by atoms with Crippen LogP contribution in [0.5, 0.6) is 0 Å². The molecule has 1 amide bonds. The third-order valence-electron chi connectivity index (χ3n) is 5.09. The van der Waals surface area contributed by atoms with Crippen molar-refractivity contribution in [2.45, 2.75) is 64.3 Å². The van der Waals surface area contributed by atoms with E-state index in [-0.39, 0.29) is 35.1 Å². The molecule has 0 bridgehead atoms. The van der Waals surface area contributed by atoms with Crippen molar-refractivity contribution in [1.29, 1.82) is 0 Å². The molecule has 1 aliphatic rings. The summed E-state index contributed by atoms with van der Waals surface area (Å²) >= 11 is 0. The molecule has 0 N–H and O–H groups in total. The van der Waals surface area contributed by atoms with Crippen LogP contribution in [0.25, 0.3) is 0 Å². The molecule has 0 aromatic carbocycles. The summed E-state index contributed by atoms with van der Waals surface area (Å²) in [7, 11) is -3.72. The predicted molar refractivity (Wildman–Crippen MR) is 103 cm³/mol. The van der Waals surface area contributed by atoms with Crippen molar-refractivity contribution < 1.29 is 22.3 Å². The highest BCUT2D eigenvalue weighted by Crippen LogP contribution is 2.28. The molecular weight excluding hydrogens is 398 g/mol. The van der Waals surface area contributed by atoms with Crippen LogP contribution in [-0.4, -0.2) is 64.5 Å². The van der Waals surface area contributed by atoms with Gasteiger partial charge in [-0.05, 0) is 20.3 Å². The minimum Gasteiger partial charge on any atom is -0.360 e. The van der Waals surface area contributed by atoms with Gasteiger partial charge in [-0.3, -0.25) is 4.79 Å². The molecule has 1 aliphatic heterocycles. The van der Waals surface area contributed by atoms with E-state index in [2.05, 4.69) is 15.3 Å². The number of amides is 1. The van der Waals surface area contributed by atoms with Crippen LogP contribution in [0.4, 0.5) is 0 Å². The number of aromatic nitrogens is 3. The molecule has 1 atom stereocenters. The predicted octanol–water partition coefficient (Wildman–Crippen LogP) is 1.65. The molecule has 29 heavy (non-hydrogen) atoms. The van der Waals surface area contributed by atoms with Gasteiger partial charge in [0.2, 0.25) is 21.8 Å². The molecule has 0 radical (unpaired) electrons. The number of hydrogen-bond donors (Lipinski definition) is 0. The highest BCUT2D eigenvalue weighted by molar-refractivity contribution is 7.89. The Labute approximate surface area is 170 Å². The average Bonchev–Trinajstić information content (AvgIpc) is 3.35. The summed E-state index contributed by atoms with van der Waals surface area (Å²) in [5, 5.41) is 7.70. The Kier molecular flexibility index (Phi) is 6.08. The Balaban J connectivity index is 1.69. The molecule has 1 unspecified atom stereocenters. The molecule has 2 aromatic rings. The van der Waals surface area contributed by atoms with E-state index in [9.17, 15) is 13.2 Å². The molecule has 1 fully saturated rings. The third-order valence-corrected chi connectivity index (χ3v) is 7.20. The normalized spacial score (nSPS) is 17.9. The third kappa shape index (κ3) is 4.35. The summed E-state index contributed by atoms with van der Waals surface area (Å²) in [6.07, 6.45) is 1.01. The molecule has 0 spiro atoms. The van der Waals surface area contributed by atoms with Gasteiger partial charge < -0.3 is 13.9 Å². The van der Waals surface area contributed by atoms with Crippen LogP contribution < -0.4 is 0 Å². The van der Waals surface area contributed by atoms with Gasteiger partial charge in [-0.15, -0.1) is 0 Å². The Morgan fingerprint density at radius 1 is 1.28 bits per heavy atom. The fourth-order valence-electron chi connectivity index (χ4n) is 3.58. The summed E-state index contributed by atoms with van der Waals surface area (Å²) in [6.45, 7) is 9.57. The molecule has 0 aliphatic carbocycles. The summed E-state index contributed by atoms with van der Waals surface area (Å²) in [4.78, 5) is 18.4. The van der Waals surface area contributed by atoms with E-state index in [4.69, 9.17) is 9.05 Å². The van der Waals surface area contributed by atoms with Gasteiger partial charge in [0, 0.05) is 44.9 Å². The minimum absolute atomic E-state index is 0.112. The van der Waals surface area contributed by atoms with Crippen molar-refractivity contribution in [2.24, 2.45) is 0 Å². The van der Waals surface area contributed by atoms with Crippen molar-refractivity contribution in [1.82, 2.24) is 24.5 Å². The second-order valence-electron chi connectivity index (χ2n) is 7.62. The van der Waals surface area contributed by atoms with E-state index < -0.39 is 10.0 Å². The fraction of sp³-hybridized carbons (Fsp3) is 0.667. The number of hydrogen-bond acceptors (Lipinski definition) is 8. The zero-order valence-corrected chi connectivity index (χ0v) is 18.2. The first-order valence-corrected chi connectivity index (χ1v) is 11.1. The Morgan fingerprint density at radius 2 is 2.00 bits per heavy atom. The summed E-state index contributed by atoms with van der Waals surface area (Å²) in [6, 6.07) is -0.209. The lowest BCUT2D eigenvalue weighted by atomic mass is 10.2. The summed E-state index contributed by atoms with van der Waals surface area (Å²) in [5.74, 6) is 1.40. The van der Waals surface area contributed by atoms with Crippen LogP contribution in [0.15, 0.2) is 13.9 Å². The van der Waals surface area contributed by atoms with Gasteiger partial charge >= 0.3 is 0 Å². The summed E-state index contributed by atoms with van der Waals surface area (Å²) in [5.41, 5.74) is 0.340. The van der Waals surface area contributed by atoms with Crippen molar-refractivity contribution in [3.05, 3.63) is 23.2 Å². The second kappa shape index (κ2) is 8.23.